The predicted octanol–water partition coefficient (Wildman–Crippen LogP) is 5.49. The Morgan fingerprint density at radius 3 is 2.26 bits per heavy atom. The normalized spacial score (nSPS) is 13.1. The van der Waals surface area contributed by atoms with E-state index in [1.165, 1.54) is 0 Å². The van der Waals surface area contributed by atoms with E-state index in [-0.39, 0.29) is 19.5 Å². The summed E-state index contributed by atoms with van der Waals surface area (Å²) in [4.78, 5) is 26.1. The molecule has 172 valence electrons. The van der Waals surface area contributed by atoms with Crippen LogP contribution in [-0.4, -0.2) is 58.6 Å². The van der Waals surface area contributed by atoms with E-state index in [4.69, 9.17) is 9.47 Å². The summed E-state index contributed by atoms with van der Waals surface area (Å²) in [6.07, 6.45) is 1.25. The van der Waals surface area contributed by atoms with Crippen LogP contribution < -0.4 is 0 Å². The standard InChI is InChI=1S/C21H30NO6PS2/c1-5-13-30-29(26,31-14-6-2)16-22(19(20(23)24)17(4)27-7-3)21(25)28-15-18-11-9-8-10-12-18/h5-6,8-12,17,19H,1-2,7,13-16H2,3-4H3,(H,23,24). The number of nitrogens with zero attached hydrogens (tertiary/aromatic N) is 1. The number of amides is 1. The number of carbonyl (C=O) groups is 2. The highest BCUT2D eigenvalue weighted by Gasteiger charge is 2.40. The van der Waals surface area contributed by atoms with Crippen molar-refractivity contribution in [3.8, 4) is 0 Å². The molecular formula is C21H30NO6PS2. The van der Waals surface area contributed by atoms with Crippen molar-refractivity contribution in [2.45, 2.75) is 32.6 Å². The van der Waals surface area contributed by atoms with E-state index in [2.05, 4.69) is 13.2 Å². The number of hydrogen-bond acceptors (Lipinski definition) is 7. The van der Waals surface area contributed by atoms with E-state index < -0.39 is 29.8 Å². The molecule has 7 nitrogen and oxygen atoms in total. The zero-order valence-electron chi connectivity index (χ0n) is 17.8. The second-order valence-corrected chi connectivity index (χ2v) is 14.8. The first kappa shape index (κ1) is 27.4. The molecule has 0 saturated carbocycles. The smallest absolute Gasteiger partial charge is 0.411 e. The third kappa shape index (κ3) is 9.56. The Bertz CT molecular complexity index is 760. The molecule has 0 radical (unpaired) electrons. The molecule has 0 spiro atoms. The van der Waals surface area contributed by atoms with Crippen LogP contribution in [0.4, 0.5) is 4.79 Å². The monoisotopic (exact) mass is 487 g/mol. The Morgan fingerprint density at radius 2 is 1.77 bits per heavy atom. The summed E-state index contributed by atoms with van der Waals surface area (Å²) in [5.74, 6) is -0.466. The fraction of sp³-hybridized carbons (Fsp3) is 0.429. The molecular weight excluding hydrogens is 457 g/mol. The highest BCUT2D eigenvalue weighted by molar-refractivity contribution is 8.90. The summed E-state index contributed by atoms with van der Waals surface area (Å²) in [5, 5.41) is 9.86. The lowest BCUT2D eigenvalue weighted by Gasteiger charge is -2.33. The van der Waals surface area contributed by atoms with Gasteiger partial charge in [0.05, 0.1) is 12.4 Å². The lowest BCUT2D eigenvalue weighted by molar-refractivity contribution is -0.147. The van der Waals surface area contributed by atoms with Crippen molar-refractivity contribution in [2.24, 2.45) is 0 Å². The minimum Gasteiger partial charge on any atom is -0.480 e. The quantitative estimate of drug-likeness (QED) is 0.256. The van der Waals surface area contributed by atoms with Gasteiger partial charge in [0.25, 0.3) is 0 Å². The fourth-order valence-electron chi connectivity index (χ4n) is 2.64. The number of carbonyl (C=O) groups excluding carboxylic acids is 1. The van der Waals surface area contributed by atoms with Crippen LogP contribution >= 0.6 is 28.3 Å². The van der Waals surface area contributed by atoms with Gasteiger partial charge in [0.15, 0.2) is 6.04 Å². The van der Waals surface area contributed by atoms with Crippen molar-refractivity contribution >= 4 is 40.4 Å². The summed E-state index contributed by atoms with van der Waals surface area (Å²) in [7, 11) is 0. The maximum atomic E-state index is 13.6. The molecule has 0 aliphatic heterocycles. The minimum absolute atomic E-state index is 0.0323. The molecule has 0 bridgehead atoms. The Labute approximate surface area is 192 Å². The van der Waals surface area contributed by atoms with Crippen LogP contribution in [0.5, 0.6) is 0 Å². The average Bonchev–Trinajstić information content (AvgIpc) is 2.75. The SMILES string of the molecule is C=CCSP(=O)(CN(C(=O)OCc1ccccc1)C(C(=O)O)C(C)OCC)SCC=C. The van der Waals surface area contributed by atoms with Crippen LogP contribution in [0, 0.1) is 0 Å². The van der Waals surface area contributed by atoms with Crippen molar-refractivity contribution in [1.29, 1.82) is 0 Å². The highest BCUT2D eigenvalue weighted by atomic mass is 33.1. The largest absolute Gasteiger partial charge is 0.480 e. The first-order chi connectivity index (χ1) is 14.8. The van der Waals surface area contributed by atoms with Crippen molar-refractivity contribution in [3.63, 3.8) is 0 Å². The molecule has 2 unspecified atom stereocenters. The molecule has 1 aromatic carbocycles. The van der Waals surface area contributed by atoms with E-state index in [1.807, 2.05) is 18.2 Å². The van der Waals surface area contributed by atoms with Crippen LogP contribution in [0.1, 0.15) is 19.4 Å². The number of carboxylic acid groups (broad SMARTS) is 1. The van der Waals surface area contributed by atoms with Crippen molar-refractivity contribution in [3.05, 3.63) is 61.2 Å². The first-order valence-electron chi connectivity index (χ1n) is 9.69. The summed E-state index contributed by atoms with van der Waals surface area (Å²) >= 11 is 2.30. The van der Waals surface area contributed by atoms with Crippen LogP contribution in [0.15, 0.2) is 55.6 Å². The predicted molar refractivity (Wildman–Crippen MR) is 129 cm³/mol. The summed E-state index contributed by atoms with van der Waals surface area (Å²) in [5.41, 5.74) is -2.36. The van der Waals surface area contributed by atoms with Gasteiger partial charge in [-0.15, -0.1) is 13.2 Å². The van der Waals surface area contributed by atoms with Gasteiger partial charge in [-0.2, -0.15) is 0 Å². The molecule has 31 heavy (non-hydrogen) atoms. The lowest BCUT2D eigenvalue weighted by atomic mass is 10.1. The maximum Gasteiger partial charge on any atom is 0.411 e. The van der Waals surface area contributed by atoms with Crippen molar-refractivity contribution < 1.29 is 28.7 Å². The zero-order chi connectivity index (χ0) is 23.3. The maximum absolute atomic E-state index is 13.6. The molecule has 0 fully saturated rings. The van der Waals surface area contributed by atoms with Gasteiger partial charge in [-0.1, -0.05) is 65.2 Å². The van der Waals surface area contributed by atoms with E-state index in [1.54, 1.807) is 38.1 Å². The third-order valence-electron chi connectivity index (χ3n) is 4.01. The molecule has 0 aromatic heterocycles. The molecule has 0 heterocycles. The second-order valence-electron chi connectivity index (χ2n) is 6.37. The van der Waals surface area contributed by atoms with Crippen LogP contribution in [0.3, 0.4) is 0 Å². The van der Waals surface area contributed by atoms with Gasteiger partial charge in [0.1, 0.15) is 6.61 Å². The molecule has 0 aliphatic rings. The van der Waals surface area contributed by atoms with Crippen molar-refractivity contribution in [2.75, 3.05) is 24.4 Å². The van der Waals surface area contributed by atoms with Crippen LogP contribution in [0.25, 0.3) is 0 Å². The lowest BCUT2D eigenvalue weighted by Crippen LogP contribution is -2.52. The Balaban J connectivity index is 3.20. The van der Waals surface area contributed by atoms with E-state index in [0.717, 1.165) is 33.2 Å². The number of aliphatic carboxylic acids is 1. The number of ether oxygens (including phenoxy) is 2. The first-order valence-corrected chi connectivity index (χ1v) is 14.8. The number of benzene rings is 1. The van der Waals surface area contributed by atoms with E-state index in [0.29, 0.717) is 11.5 Å². The number of rotatable bonds is 15. The summed E-state index contributed by atoms with van der Waals surface area (Å²) in [6.45, 7) is 10.8. The topological polar surface area (TPSA) is 93.1 Å². The van der Waals surface area contributed by atoms with Gasteiger partial charge >= 0.3 is 12.1 Å². The summed E-state index contributed by atoms with van der Waals surface area (Å²) in [6, 6.07) is 7.69. The Hall–Kier alpha value is -1.67. The second kappa shape index (κ2) is 14.4. The van der Waals surface area contributed by atoms with E-state index in [9.17, 15) is 19.3 Å². The third-order valence-corrected chi connectivity index (χ3v) is 12.1. The van der Waals surface area contributed by atoms with Gasteiger partial charge in [-0.05, 0) is 19.4 Å². The van der Waals surface area contributed by atoms with Crippen LogP contribution in [0.2, 0.25) is 0 Å². The summed E-state index contributed by atoms with van der Waals surface area (Å²) < 4.78 is 24.4. The molecule has 0 aliphatic carbocycles. The molecule has 1 aromatic rings. The Kier molecular flexibility index (Phi) is 12.7. The van der Waals surface area contributed by atoms with Gasteiger partial charge < -0.3 is 14.6 Å². The number of carboxylic acids is 1. The van der Waals surface area contributed by atoms with Crippen LogP contribution in [-0.2, 0) is 25.4 Å². The fourth-order valence-corrected chi connectivity index (χ4v) is 9.43. The van der Waals surface area contributed by atoms with Gasteiger partial charge in [0.2, 0.25) is 5.55 Å². The molecule has 1 N–H and O–H groups in total. The Morgan fingerprint density at radius 1 is 1.19 bits per heavy atom. The number of hydrogen-bond donors (Lipinski definition) is 1. The van der Waals surface area contributed by atoms with Gasteiger partial charge in [-0.3, -0.25) is 9.46 Å². The molecule has 0 saturated heterocycles. The molecule has 1 rings (SSSR count). The highest BCUT2D eigenvalue weighted by Crippen LogP contribution is 2.69. The molecule has 2 atom stereocenters. The zero-order valence-corrected chi connectivity index (χ0v) is 20.4. The minimum atomic E-state index is -3.11. The average molecular weight is 488 g/mol. The van der Waals surface area contributed by atoms with Crippen molar-refractivity contribution in [1.82, 2.24) is 4.90 Å². The van der Waals surface area contributed by atoms with E-state index >= 15 is 0 Å². The van der Waals surface area contributed by atoms with Gasteiger partial charge in [0, 0.05) is 18.1 Å². The molecule has 1 amide bonds. The van der Waals surface area contributed by atoms with Gasteiger partial charge in [-0.25, -0.2) is 9.59 Å². The molecule has 10 heteroatoms.